The molecule has 0 amide bonds. The third-order valence-corrected chi connectivity index (χ3v) is 5.00. The first-order valence-corrected chi connectivity index (χ1v) is 10.1. The van der Waals surface area contributed by atoms with E-state index in [4.69, 9.17) is 14.5 Å². The van der Waals surface area contributed by atoms with Crippen molar-refractivity contribution >= 4 is 0 Å². The molecule has 2 heterocycles. The summed E-state index contributed by atoms with van der Waals surface area (Å²) in [6.45, 7) is 6.07. The average molecular weight is 468 g/mol. The number of ether oxygens (including phenoxy) is 1. The molecule has 1 N–H and O–H groups in total. The molecule has 34 heavy (non-hydrogen) atoms. The lowest BCUT2D eigenvalue weighted by molar-refractivity contribution is -0.137. The standard InChI is InChI=1S/C23H19F3N6O2/c1-22(2,3)15-6-4-13(5-7-15)21-28-19(34-31-21)12-33-17-9-14(8-16(10-17)23(24,25)26)20-18(11-27)29-32-30-20/h4-10H,12H2,1-3H3,(H,29,30,32). The van der Waals surface area contributed by atoms with E-state index < -0.39 is 11.7 Å². The number of aromatic amines is 1. The van der Waals surface area contributed by atoms with E-state index >= 15 is 0 Å². The molecule has 0 spiro atoms. The summed E-state index contributed by atoms with van der Waals surface area (Å²) in [5.74, 6) is 0.323. The molecule has 174 valence electrons. The van der Waals surface area contributed by atoms with Gasteiger partial charge in [-0.05, 0) is 29.2 Å². The van der Waals surface area contributed by atoms with Gasteiger partial charge >= 0.3 is 6.18 Å². The molecule has 0 aliphatic heterocycles. The van der Waals surface area contributed by atoms with Crippen molar-refractivity contribution in [3.8, 4) is 34.5 Å². The van der Waals surface area contributed by atoms with Gasteiger partial charge in [-0.2, -0.15) is 33.7 Å². The number of nitrogens with one attached hydrogen (secondary N) is 1. The number of nitrogens with zero attached hydrogens (tertiary/aromatic N) is 5. The number of alkyl halides is 3. The Morgan fingerprint density at radius 2 is 1.74 bits per heavy atom. The van der Waals surface area contributed by atoms with Crippen molar-refractivity contribution in [3.63, 3.8) is 0 Å². The summed E-state index contributed by atoms with van der Waals surface area (Å²) in [4.78, 5) is 4.26. The Morgan fingerprint density at radius 1 is 1.00 bits per heavy atom. The summed E-state index contributed by atoms with van der Waals surface area (Å²) in [6.07, 6.45) is -4.64. The Balaban J connectivity index is 1.55. The lowest BCUT2D eigenvalue weighted by Gasteiger charge is -2.18. The van der Waals surface area contributed by atoms with Gasteiger partial charge in [-0.1, -0.05) is 50.2 Å². The van der Waals surface area contributed by atoms with Crippen molar-refractivity contribution in [2.24, 2.45) is 0 Å². The predicted molar refractivity (Wildman–Crippen MR) is 114 cm³/mol. The molecule has 2 aromatic heterocycles. The minimum absolute atomic E-state index is 0.00142. The summed E-state index contributed by atoms with van der Waals surface area (Å²) in [5.41, 5.74) is 0.798. The molecule has 0 atom stereocenters. The van der Waals surface area contributed by atoms with Gasteiger partial charge in [0.25, 0.3) is 5.89 Å². The van der Waals surface area contributed by atoms with Crippen LogP contribution in [-0.4, -0.2) is 25.6 Å². The Morgan fingerprint density at radius 3 is 2.38 bits per heavy atom. The van der Waals surface area contributed by atoms with Crippen molar-refractivity contribution in [1.29, 1.82) is 5.26 Å². The van der Waals surface area contributed by atoms with Crippen molar-refractivity contribution < 1.29 is 22.4 Å². The second-order valence-electron chi connectivity index (χ2n) is 8.50. The van der Waals surface area contributed by atoms with Crippen LogP contribution in [0.4, 0.5) is 13.2 Å². The number of H-pyrrole nitrogens is 1. The van der Waals surface area contributed by atoms with E-state index in [1.165, 1.54) is 6.07 Å². The normalized spacial score (nSPS) is 11.9. The molecule has 0 saturated carbocycles. The van der Waals surface area contributed by atoms with Gasteiger partial charge in [-0.25, -0.2) is 0 Å². The minimum Gasteiger partial charge on any atom is -0.484 e. The van der Waals surface area contributed by atoms with Gasteiger partial charge in [0.15, 0.2) is 12.3 Å². The number of hydrogen-bond donors (Lipinski definition) is 1. The Labute approximate surface area is 192 Å². The highest BCUT2D eigenvalue weighted by Gasteiger charge is 2.32. The molecule has 0 unspecified atom stereocenters. The SMILES string of the molecule is CC(C)(C)c1ccc(-c2noc(COc3cc(-c4n[nH]nc4C#N)cc(C(F)(F)F)c3)n2)cc1. The Kier molecular flexibility index (Phi) is 5.83. The van der Waals surface area contributed by atoms with E-state index in [9.17, 15) is 13.2 Å². The highest BCUT2D eigenvalue weighted by Crippen LogP contribution is 2.36. The maximum absolute atomic E-state index is 13.4. The molecule has 11 heteroatoms. The lowest BCUT2D eigenvalue weighted by atomic mass is 9.87. The smallest absolute Gasteiger partial charge is 0.416 e. The molecular formula is C23H19F3N6O2. The van der Waals surface area contributed by atoms with Gasteiger partial charge in [0, 0.05) is 11.1 Å². The summed E-state index contributed by atoms with van der Waals surface area (Å²) in [6, 6.07) is 12.5. The first-order valence-electron chi connectivity index (χ1n) is 10.1. The Bertz CT molecular complexity index is 1340. The summed E-state index contributed by atoms with van der Waals surface area (Å²) >= 11 is 0. The van der Waals surface area contributed by atoms with Gasteiger partial charge in [0.2, 0.25) is 5.82 Å². The number of benzene rings is 2. The number of aromatic nitrogens is 5. The van der Waals surface area contributed by atoms with Crippen LogP contribution in [-0.2, 0) is 18.2 Å². The number of nitriles is 1. The van der Waals surface area contributed by atoms with Crippen LogP contribution < -0.4 is 4.74 Å². The zero-order valence-electron chi connectivity index (χ0n) is 18.4. The fraction of sp³-hybridized carbons (Fsp3) is 0.261. The average Bonchev–Trinajstić information content (AvgIpc) is 3.46. The van der Waals surface area contributed by atoms with Crippen molar-refractivity contribution in [2.45, 2.75) is 39.0 Å². The molecule has 0 saturated heterocycles. The van der Waals surface area contributed by atoms with Crippen LogP contribution in [0.2, 0.25) is 0 Å². The molecule has 2 aromatic carbocycles. The van der Waals surface area contributed by atoms with Crippen LogP contribution in [0.5, 0.6) is 5.75 Å². The van der Waals surface area contributed by atoms with Gasteiger partial charge in [0.1, 0.15) is 17.5 Å². The van der Waals surface area contributed by atoms with E-state index in [1.807, 2.05) is 24.3 Å². The molecule has 0 aliphatic carbocycles. The highest BCUT2D eigenvalue weighted by molar-refractivity contribution is 5.67. The summed E-state index contributed by atoms with van der Waals surface area (Å²) in [5, 5.41) is 22.7. The van der Waals surface area contributed by atoms with E-state index in [0.717, 1.165) is 23.3 Å². The van der Waals surface area contributed by atoms with E-state index in [1.54, 1.807) is 6.07 Å². The van der Waals surface area contributed by atoms with Crippen LogP contribution in [0.1, 0.15) is 43.5 Å². The number of rotatable bonds is 5. The van der Waals surface area contributed by atoms with Crippen LogP contribution in [0.15, 0.2) is 47.0 Å². The topological polar surface area (TPSA) is 114 Å². The zero-order chi connectivity index (χ0) is 24.5. The van der Waals surface area contributed by atoms with E-state index in [0.29, 0.717) is 5.82 Å². The molecule has 4 rings (SSSR count). The third-order valence-electron chi connectivity index (χ3n) is 5.00. The highest BCUT2D eigenvalue weighted by atomic mass is 19.4. The van der Waals surface area contributed by atoms with Gasteiger partial charge in [-0.3, -0.25) is 0 Å². The fourth-order valence-electron chi connectivity index (χ4n) is 3.19. The van der Waals surface area contributed by atoms with Gasteiger partial charge in [-0.15, -0.1) is 5.10 Å². The van der Waals surface area contributed by atoms with Gasteiger partial charge in [0.05, 0.1) is 5.56 Å². The van der Waals surface area contributed by atoms with Gasteiger partial charge < -0.3 is 9.26 Å². The summed E-state index contributed by atoms with van der Waals surface area (Å²) < 4.78 is 51.0. The fourth-order valence-corrected chi connectivity index (χ4v) is 3.19. The molecular weight excluding hydrogens is 449 g/mol. The van der Waals surface area contributed by atoms with Crippen LogP contribution in [0, 0.1) is 11.3 Å². The number of hydrogen-bond acceptors (Lipinski definition) is 7. The zero-order valence-corrected chi connectivity index (χ0v) is 18.4. The maximum atomic E-state index is 13.4. The van der Waals surface area contributed by atoms with E-state index in [-0.39, 0.29) is 40.6 Å². The molecule has 0 radical (unpaired) electrons. The lowest BCUT2D eigenvalue weighted by Crippen LogP contribution is -2.10. The third kappa shape index (κ3) is 4.91. The molecule has 0 fully saturated rings. The molecule has 0 bridgehead atoms. The van der Waals surface area contributed by atoms with Crippen molar-refractivity contribution in [2.75, 3.05) is 0 Å². The second kappa shape index (κ2) is 8.62. The maximum Gasteiger partial charge on any atom is 0.416 e. The predicted octanol–water partition coefficient (Wildman–Crippen LogP) is 5.29. The van der Waals surface area contributed by atoms with E-state index in [2.05, 4.69) is 46.3 Å². The molecule has 8 nitrogen and oxygen atoms in total. The largest absolute Gasteiger partial charge is 0.484 e. The monoisotopic (exact) mass is 468 g/mol. The Hall–Kier alpha value is -4.20. The van der Waals surface area contributed by atoms with Crippen LogP contribution in [0.3, 0.4) is 0 Å². The van der Waals surface area contributed by atoms with Crippen LogP contribution in [0.25, 0.3) is 22.6 Å². The second-order valence-corrected chi connectivity index (χ2v) is 8.50. The summed E-state index contributed by atoms with van der Waals surface area (Å²) in [7, 11) is 0. The first-order chi connectivity index (χ1) is 16.0. The minimum atomic E-state index is -4.64. The van der Waals surface area contributed by atoms with Crippen molar-refractivity contribution in [1.82, 2.24) is 25.6 Å². The first kappa shape index (κ1) is 23.0. The van der Waals surface area contributed by atoms with Crippen LogP contribution >= 0.6 is 0 Å². The van der Waals surface area contributed by atoms with Crippen molar-refractivity contribution in [3.05, 3.63) is 65.2 Å². The molecule has 4 aromatic rings. The quantitative estimate of drug-likeness (QED) is 0.423. The number of halogens is 3. The molecule has 0 aliphatic rings.